The number of rotatable bonds is 9. The summed E-state index contributed by atoms with van der Waals surface area (Å²) in [4.78, 5) is 27.3. The predicted molar refractivity (Wildman–Crippen MR) is 128 cm³/mol. The summed E-state index contributed by atoms with van der Waals surface area (Å²) in [6.45, 7) is 0.283. The largest absolute Gasteiger partial charge is 0.507 e. The van der Waals surface area contributed by atoms with E-state index in [0.29, 0.717) is 17.1 Å². The number of hydrogen-bond donors (Lipinski definition) is 1. The van der Waals surface area contributed by atoms with E-state index in [1.807, 2.05) is 0 Å². The maximum atomic E-state index is 13.1. The maximum Gasteiger partial charge on any atom is 0.295 e. The highest BCUT2D eigenvalue weighted by atomic mass is 32.2. The van der Waals surface area contributed by atoms with Crippen LogP contribution < -0.4 is 9.47 Å². The van der Waals surface area contributed by atoms with E-state index in [1.54, 1.807) is 18.2 Å². The molecule has 1 amide bonds. The van der Waals surface area contributed by atoms with Crippen molar-refractivity contribution in [2.45, 2.75) is 10.9 Å². The summed E-state index contributed by atoms with van der Waals surface area (Å²) in [5.74, 6) is -1.21. The number of nitrogens with zero attached hydrogens (tertiary/aromatic N) is 2. The van der Waals surface area contributed by atoms with Crippen LogP contribution in [-0.4, -0.2) is 83.0 Å². The van der Waals surface area contributed by atoms with Gasteiger partial charge in [0.05, 0.1) is 37.3 Å². The second kappa shape index (κ2) is 10.5. The number of ether oxygens (including phenoxy) is 3. The Bertz CT molecular complexity index is 1250. The number of aliphatic hydroxyl groups excluding tert-OH is 1. The summed E-state index contributed by atoms with van der Waals surface area (Å²) >= 11 is 0. The second-order valence-corrected chi connectivity index (χ2v) is 10.1. The summed E-state index contributed by atoms with van der Waals surface area (Å²) in [6.07, 6.45) is 0. The quantitative estimate of drug-likeness (QED) is 0.313. The molecule has 188 valence electrons. The third kappa shape index (κ3) is 4.88. The molecule has 1 fully saturated rings. The van der Waals surface area contributed by atoms with Crippen molar-refractivity contribution in [3.63, 3.8) is 0 Å². The van der Waals surface area contributed by atoms with Gasteiger partial charge in [-0.15, -0.1) is 0 Å². The smallest absolute Gasteiger partial charge is 0.295 e. The monoisotopic (exact) mass is 504 g/mol. The van der Waals surface area contributed by atoms with Crippen LogP contribution in [0.4, 0.5) is 0 Å². The number of Topliss-reactive ketones (excluding diaryl/α,β-unsaturated/α-hetero) is 1. The number of hydrogen-bond acceptors (Lipinski definition) is 8. The zero-order chi connectivity index (χ0) is 25.9. The molecule has 0 unspecified atom stereocenters. The molecule has 1 saturated heterocycles. The molecule has 0 aliphatic carbocycles. The van der Waals surface area contributed by atoms with Gasteiger partial charge in [-0.3, -0.25) is 9.59 Å². The molecule has 11 heteroatoms. The highest BCUT2D eigenvalue weighted by molar-refractivity contribution is 7.89. The van der Waals surface area contributed by atoms with Crippen molar-refractivity contribution < 1.29 is 37.3 Å². The van der Waals surface area contributed by atoms with Crippen LogP contribution in [0.15, 0.2) is 52.9 Å². The van der Waals surface area contributed by atoms with Crippen molar-refractivity contribution in [2.24, 2.45) is 0 Å². The van der Waals surface area contributed by atoms with Crippen LogP contribution >= 0.6 is 0 Å². The lowest BCUT2D eigenvalue weighted by atomic mass is 9.95. The van der Waals surface area contributed by atoms with Gasteiger partial charge in [-0.2, -0.15) is 0 Å². The second-order valence-electron chi connectivity index (χ2n) is 7.91. The topological polar surface area (TPSA) is 123 Å². The average molecular weight is 505 g/mol. The SMILES string of the molecule is COCCN1C(=O)C(=O)/C(=C(/O)c2ccc(S(=O)(=O)N(C)C)cc2)[C@H]1c1ccc(OC)c(OC)c1. The summed E-state index contributed by atoms with van der Waals surface area (Å²) in [6, 6.07) is 9.47. The van der Waals surface area contributed by atoms with Gasteiger partial charge in [0.15, 0.2) is 11.5 Å². The van der Waals surface area contributed by atoms with Gasteiger partial charge in [-0.05, 0) is 42.0 Å². The Morgan fingerprint density at radius 3 is 2.17 bits per heavy atom. The van der Waals surface area contributed by atoms with Crippen LogP contribution in [0.25, 0.3) is 5.76 Å². The third-order valence-corrected chi connectivity index (χ3v) is 7.54. The zero-order valence-corrected chi connectivity index (χ0v) is 21.0. The van der Waals surface area contributed by atoms with Gasteiger partial charge in [-0.25, -0.2) is 12.7 Å². The standard InChI is InChI=1S/C24H28N2O8S/c1-25(2)35(30,31)17-9-6-15(7-10-17)22(27)20-21(26(12-13-32-3)24(29)23(20)28)16-8-11-18(33-4)19(14-16)34-5/h6-11,14,21,27H,12-13H2,1-5H3/b22-20+/t21-/m1/s1. The van der Waals surface area contributed by atoms with Crippen molar-refractivity contribution in [3.8, 4) is 11.5 Å². The molecular formula is C24H28N2O8S. The van der Waals surface area contributed by atoms with Crippen LogP contribution in [0.1, 0.15) is 17.2 Å². The summed E-state index contributed by atoms with van der Waals surface area (Å²) in [7, 11) is 3.57. The Balaban J connectivity index is 2.16. The molecule has 35 heavy (non-hydrogen) atoms. The van der Waals surface area contributed by atoms with E-state index in [0.717, 1.165) is 4.31 Å². The summed E-state index contributed by atoms with van der Waals surface area (Å²) in [5.41, 5.74) is 0.589. The van der Waals surface area contributed by atoms with Gasteiger partial charge in [0.1, 0.15) is 5.76 Å². The highest BCUT2D eigenvalue weighted by Gasteiger charge is 2.46. The Labute approximate surface area is 204 Å². The van der Waals surface area contributed by atoms with Crippen LogP contribution in [0.5, 0.6) is 11.5 Å². The van der Waals surface area contributed by atoms with Crippen LogP contribution in [-0.2, 0) is 24.3 Å². The molecule has 10 nitrogen and oxygen atoms in total. The summed E-state index contributed by atoms with van der Waals surface area (Å²) in [5, 5.41) is 11.1. The molecular weight excluding hydrogens is 476 g/mol. The van der Waals surface area contributed by atoms with Crippen LogP contribution in [0.3, 0.4) is 0 Å². The van der Waals surface area contributed by atoms with Gasteiger partial charge in [0.2, 0.25) is 10.0 Å². The van der Waals surface area contributed by atoms with E-state index >= 15 is 0 Å². The van der Waals surface area contributed by atoms with Crippen molar-refractivity contribution in [1.82, 2.24) is 9.21 Å². The Hall–Kier alpha value is -3.41. The van der Waals surface area contributed by atoms with Crippen molar-refractivity contribution >= 4 is 27.5 Å². The molecule has 1 aliphatic rings. The molecule has 2 aromatic carbocycles. The molecule has 0 aromatic heterocycles. The fraction of sp³-hybridized carbons (Fsp3) is 0.333. The Kier molecular flexibility index (Phi) is 7.83. The zero-order valence-electron chi connectivity index (χ0n) is 20.1. The van der Waals surface area contributed by atoms with Crippen molar-refractivity contribution in [3.05, 3.63) is 59.2 Å². The lowest BCUT2D eigenvalue weighted by Crippen LogP contribution is -2.32. The predicted octanol–water partition coefficient (Wildman–Crippen LogP) is 2.02. The number of benzene rings is 2. The first kappa shape index (κ1) is 26.2. The number of aliphatic hydroxyl groups is 1. The average Bonchev–Trinajstić information content (AvgIpc) is 3.11. The van der Waals surface area contributed by atoms with Gasteiger partial charge in [-0.1, -0.05) is 6.07 Å². The molecule has 1 N–H and O–H groups in total. The minimum atomic E-state index is -3.68. The highest BCUT2D eigenvalue weighted by Crippen LogP contribution is 2.41. The van der Waals surface area contributed by atoms with E-state index in [1.165, 1.54) is 64.6 Å². The number of methoxy groups -OCH3 is 3. The molecule has 0 bridgehead atoms. The number of carbonyl (C=O) groups excluding carboxylic acids is 2. The number of likely N-dealkylation sites (tertiary alicyclic amines) is 1. The maximum absolute atomic E-state index is 13.1. The van der Waals surface area contributed by atoms with Gasteiger partial charge in [0, 0.05) is 33.3 Å². The minimum absolute atomic E-state index is 0.0241. The number of ketones is 1. The molecule has 0 spiro atoms. The number of sulfonamides is 1. The van der Waals surface area contributed by atoms with Crippen molar-refractivity contribution in [1.29, 1.82) is 0 Å². The molecule has 3 rings (SSSR count). The Morgan fingerprint density at radius 2 is 1.63 bits per heavy atom. The van der Waals surface area contributed by atoms with Crippen molar-refractivity contribution in [2.75, 3.05) is 48.6 Å². The first-order chi connectivity index (χ1) is 16.6. The van der Waals surface area contributed by atoms with Gasteiger partial charge in [0.25, 0.3) is 11.7 Å². The van der Waals surface area contributed by atoms with Gasteiger partial charge < -0.3 is 24.2 Å². The molecule has 0 radical (unpaired) electrons. The molecule has 1 aliphatic heterocycles. The fourth-order valence-electron chi connectivity index (χ4n) is 3.82. The number of carbonyl (C=O) groups is 2. The molecule has 2 aromatic rings. The normalized spacial score (nSPS) is 17.8. The molecule has 1 heterocycles. The molecule has 1 atom stereocenters. The summed E-state index contributed by atoms with van der Waals surface area (Å²) < 4.78 is 41.6. The van der Waals surface area contributed by atoms with E-state index in [4.69, 9.17) is 14.2 Å². The van der Waals surface area contributed by atoms with Gasteiger partial charge >= 0.3 is 0 Å². The Morgan fingerprint density at radius 1 is 1.00 bits per heavy atom. The fourth-order valence-corrected chi connectivity index (χ4v) is 4.72. The van der Waals surface area contributed by atoms with Crippen LogP contribution in [0.2, 0.25) is 0 Å². The minimum Gasteiger partial charge on any atom is -0.507 e. The number of amides is 1. The van der Waals surface area contributed by atoms with Crippen LogP contribution in [0, 0.1) is 0 Å². The molecule has 0 saturated carbocycles. The van der Waals surface area contributed by atoms with E-state index in [2.05, 4.69) is 0 Å². The lowest BCUT2D eigenvalue weighted by molar-refractivity contribution is -0.140. The van der Waals surface area contributed by atoms with E-state index < -0.39 is 33.5 Å². The van der Waals surface area contributed by atoms with E-state index in [9.17, 15) is 23.1 Å². The third-order valence-electron chi connectivity index (χ3n) is 5.71. The first-order valence-corrected chi connectivity index (χ1v) is 12.0. The first-order valence-electron chi connectivity index (χ1n) is 10.6. The van der Waals surface area contributed by atoms with E-state index in [-0.39, 0.29) is 29.2 Å². The lowest BCUT2D eigenvalue weighted by Gasteiger charge is -2.25.